The second-order valence-corrected chi connectivity index (χ2v) is 5.63. The van der Waals surface area contributed by atoms with Crippen LogP contribution >= 0.6 is 0 Å². The molecule has 3 rings (SSSR count). The number of piperidine rings is 1. The van der Waals surface area contributed by atoms with E-state index < -0.39 is 0 Å². The van der Waals surface area contributed by atoms with Crippen molar-refractivity contribution in [2.45, 2.75) is 38.3 Å². The van der Waals surface area contributed by atoms with Gasteiger partial charge in [0.15, 0.2) is 0 Å². The molecule has 2 heterocycles. The highest BCUT2D eigenvalue weighted by Crippen LogP contribution is 2.11. The number of para-hydroxylation sites is 2. The number of hydrogen-bond donors (Lipinski definition) is 2. The summed E-state index contributed by atoms with van der Waals surface area (Å²) in [6.45, 7) is 4.40. The predicted octanol–water partition coefficient (Wildman–Crippen LogP) is 2.16. The van der Waals surface area contributed by atoms with Gasteiger partial charge in [-0.05, 0) is 44.5 Å². The summed E-state index contributed by atoms with van der Waals surface area (Å²) < 4.78 is 2.25. The van der Waals surface area contributed by atoms with Crippen molar-refractivity contribution in [3.8, 4) is 0 Å². The van der Waals surface area contributed by atoms with Crippen molar-refractivity contribution in [1.29, 1.82) is 0 Å². The molecule has 1 aromatic carbocycles. The minimum Gasteiger partial charge on any atom is -0.331 e. The van der Waals surface area contributed by atoms with Crippen molar-refractivity contribution >= 4 is 11.0 Å². The Morgan fingerprint density at radius 3 is 3.15 bits per heavy atom. The van der Waals surface area contributed by atoms with Gasteiger partial charge in [0.2, 0.25) is 0 Å². The zero-order valence-electron chi connectivity index (χ0n) is 12.0. The van der Waals surface area contributed by atoms with E-state index in [0.717, 1.165) is 31.6 Å². The lowest BCUT2D eigenvalue weighted by molar-refractivity contribution is 0.381. The standard InChI is InChI=1S/C16H24N4/c1-2-8-16-15(7-1)19-13-20(16)11-5-9-17-12-14-6-3-4-10-18-14/h1-2,7-8,13-14,17-18H,3-6,9-12H2. The summed E-state index contributed by atoms with van der Waals surface area (Å²) in [6.07, 6.45) is 7.13. The summed E-state index contributed by atoms with van der Waals surface area (Å²) >= 11 is 0. The SMILES string of the molecule is c1ccc2c(c1)ncn2CCCNCC1CCCCN1. The topological polar surface area (TPSA) is 41.9 Å². The van der Waals surface area contributed by atoms with Crippen molar-refractivity contribution in [1.82, 2.24) is 20.2 Å². The Labute approximate surface area is 120 Å². The molecule has 1 saturated heterocycles. The number of nitrogens with one attached hydrogen (secondary N) is 2. The second-order valence-electron chi connectivity index (χ2n) is 5.63. The number of nitrogens with zero attached hydrogens (tertiary/aromatic N) is 2. The molecule has 2 aromatic rings. The van der Waals surface area contributed by atoms with Crippen molar-refractivity contribution in [2.75, 3.05) is 19.6 Å². The summed E-state index contributed by atoms with van der Waals surface area (Å²) in [7, 11) is 0. The molecule has 0 bridgehead atoms. The summed E-state index contributed by atoms with van der Waals surface area (Å²) in [4.78, 5) is 4.42. The maximum Gasteiger partial charge on any atom is 0.0958 e. The molecule has 1 aromatic heterocycles. The lowest BCUT2D eigenvalue weighted by Crippen LogP contribution is -2.42. The molecule has 20 heavy (non-hydrogen) atoms. The van der Waals surface area contributed by atoms with Gasteiger partial charge in [-0.25, -0.2) is 4.98 Å². The molecule has 0 spiro atoms. The van der Waals surface area contributed by atoms with Crippen molar-refractivity contribution in [3.63, 3.8) is 0 Å². The zero-order chi connectivity index (χ0) is 13.6. The first-order chi connectivity index (χ1) is 9.93. The summed E-state index contributed by atoms with van der Waals surface area (Å²) in [5, 5.41) is 7.14. The molecule has 0 amide bonds. The van der Waals surface area contributed by atoms with Crippen molar-refractivity contribution in [2.24, 2.45) is 0 Å². The van der Waals surface area contributed by atoms with Gasteiger partial charge in [0.25, 0.3) is 0 Å². The van der Waals surface area contributed by atoms with Gasteiger partial charge in [-0.1, -0.05) is 18.6 Å². The van der Waals surface area contributed by atoms with Gasteiger partial charge < -0.3 is 15.2 Å². The van der Waals surface area contributed by atoms with Gasteiger partial charge in [-0.3, -0.25) is 0 Å². The van der Waals surface area contributed by atoms with Gasteiger partial charge in [0.1, 0.15) is 0 Å². The first-order valence-electron chi connectivity index (χ1n) is 7.77. The monoisotopic (exact) mass is 272 g/mol. The number of benzene rings is 1. The molecule has 1 aliphatic rings. The predicted molar refractivity (Wildman–Crippen MR) is 82.9 cm³/mol. The van der Waals surface area contributed by atoms with E-state index in [-0.39, 0.29) is 0 Å². The maximum absolute atomic E-state index is 4.42. The van der Waals surface area contributed by atoms with Crippen LogP contribution in [0, 0.1) is 0 Å². The van der Waals surface area contributed by atoms with Crippen LogP contribution < -0.4 is 10.6 Å². The molecule has 1 atom stereocenters. The highest BCUT2D eigenvalue weighted by molar-refractivity contribution is 5.74. The number of rotatable bonds is 6. The van der Waals surface area contributed by atoms with Crippen LogP contribution in [-0.2, 0) is 6.54 Å². The fraction of sp³-hybridized carbons (Fsp3) is 0.562. The first-order valence-corrected chi connectivity index (χ1v) is 7.77. The molecule has 0 aliphatic carbocycles. The number of aromatic nitrogens is 2. The van der Waals surface area contributed by atoms with Crippen LogP contribution in [0.3, 0.4) is 0 Å². The molecular weight excluding hydrogens is 248 g/mol. The molecule has 2 N–H and O–H groups in total. The largest absolute Gasteiger partial charge is 0.331 e. The van der Waals surface area contributed by atoms with Crippen molar-refractivity contribution < 1.29 is 0 Å². The van der Waals surface area contributed by atoms with E-state index in [0.29, 0.717) is 6.04 Å². The van der Waals surface area contributed by atoms with Gasteiger partial charge in [-0.15, -0.1) is 0 Å². The smallest absolute Gasteiger partial charge is 0.0958 e. The molecule has 4 nitrogen and oxygen atoms in total. The van der Waals surface area contributed by atoms with Gasteiger partial charge in [0, 0.05) is 19.1 Å². The molecular formula is C16H24N4. The summed E-state index contributed by atoms with van der Waals surface area (Å²) in [5.41, 5.74) is 2.33. The number of imidazole rings is 1. The molecule has 1 fully saturated rings. The van der Waals surface area contributed by atoms with E-state index in [9.17, 15) is 0 Å². The van der Waals surface area contributed by atoms with Crippen LogP contribution in [0.15, 0.2) is 30.6 Å². The second kappa shape index (κ2) is 6.86. The Morgan fingerprint density at radius 1 is 1.30 bits per heavy atom. The average Bonchev–Trinajstić information content (AvgIpc) is 2.91. The van der Waals surface area contributed by atoms with Crippen LogP contribution in [0.5, 0.6) is 0 Å². The third-order valence-corrected chi connectivity index (χ3v) is 4.08. The van der Waals surface area contributed by atoms with E-state index in [1.165, 1.54) is 31.3 Å². The lowest BCUT2D eigenvalue weighted by atomic mass is 10.1. The molecule has 4 heteroatoms. The molecule has 1 unspecified atom stereocenters. The third-order valence-electron chi connectivity index (χ3n) is 4.08. The Morgan fingerprint density at radius 2 is 2.25 bits per heavy atom. The fourth-order valence-corrected chi connectivity index (χ4v) is 2.94. The molecule has 108 valence electrons. The molecule has 0 radical (unpaired) electrons. The van der Waals surface area contributed by atoms with Crippen molar-refractivity contribution in [3.05, 3.63) is 30.6 Å². The fourth-order valence-electron chi connectivity index (χ4n) is 2.94. The Balaban J connectivity index is 1.39. The van der Waals surface area contributed by atoms with Crippen LogP contribution in [0.1, 0.15) is 25.7 Å². The summed E-state index contributed by atoms with van der Waals surface area (Å²) in [6, 6.07) is 9.00. The highest BCUT2D eigenvalue weighted by Gasteiger charge is 2.11. The number of fused-ring (bicyclic) bond motifs is 1. The Hall–Kier alpha value is -1.39. The minimum atomic E-state index is 0.679. The van der Waals surface area contributed by atoms with E-state index in [2.05, 4.69) is 38.4 Å². The minimum absolute atomic E-state index is 0.679. The normalized spacial score (nSPS) is 19.5. The summed E-state index contributed by atoms with van der Waals surface area (Å²) in [5.74, 6) is 0. The van der Waals surface area contributed by atoms with Gasteiger partial charge >= 0.3 is 0 Å². The van der Waals surface area contributed by atoms with E-state index in [4.69, 9.17) is 0 Å². The zero-order valence-corrected chi connectivity index (χ0v) is 12.0. The third kappa shape index (κ3) is 3.38. The number of aryl methyl sites for hydroxylation is 1. The van der Waals surface area contributed by atoms with Crippen LogP contribution in [0.2, 0.25) is 0 Å². The lowest BCUT2D eigenvalue weighted by Gasteiger charge is -2.23. The van der Waals surface area contributed by atoms with Crippen LogP contribution in [0.25, 0.3) is 11.0 Å². The number of hydrogen-bond acceptors (Lipinski definition) is 3. The Kier molecular flexibility index (Phi) is 4.66. The van der Waals surface area contributed by atoms with Crippen LogP contribution in [-0.4, -0.2) is 35.2 Å². The Bertz CT molecular complexity index is 528. The van der Waals surface area contributed by atoms with E-state index >= 15 is 0 Å². The molecule has 1 aliphatic heterocycles. The van der Waals surface area contributed by atoms with Crippen LogP contribution in [0.4, 0.5) is 0 Å². The van der Waals surface area contributed by atoms with E-state index in [1.807, 2.05) is 12.4 Å². The first kappa shape index (κ1) is 13.6. The highest BCUT2D eigenvalue weighted by atomic mass is 15.0. The van der Waals surface area contributed by atoms with E-state index in [1.54, 1.807) is 0 Å². The van der Waals surface area contributed by atoms with Gasteiger partial charge in [0.05, 0.1) is 17.4 Å². The quantitative estimate of drug-likeness (QED) is 0.792. The molecule has 0 saturated carbocycles. The average molecular weight is 272 g/mol. The van der Waals surface area contributed by atoms with Gasteiger partial charge in [-0.2, -0.15) is 0 Å². The maximum atomic E-state index is 4.42.